The van der Waals surface area contributed by atoms with E-state index in [0.717, 1.165) is 38.6 Å². The van der Waals surface area contributed by atoms with Crippen LogP contribution in [0.15, 0.2) is 71.8 Å². The first-order valence-corrected chi connectivity index (χ1v) is 11.5. The number of thioether (sulfide) groups is 1. The summed E-state index contributed by atoms with van der Waals surface area (Å²) in [5.41, 5.74) is 5.10. The van der Waals surface area contributed by atoms with E-state index >= 15 is 0 Å². The fraction of sp³-hybridized carbons (Fsp3) is 0.160. The molecule has 0 atom stereocenters. The standard InChI is InChI=1S/C25H22ClN3O2S/c1-16-11-12-18(26)14-21(16)28-24(30)15-32-25-22(13-17-7-3-6-10-23(17)31-2)27-19-8-4-5-9-20(19)29-25/h3-12,14H,13,15H2,1-2H3,(H,28,30). The van der Waals surface area contributed by atoms with E-state index < -0.39 is 0 Å². The molecule has 0 bridgehead atoms. The molecule has 7 heteroatoms. The maximum absolute atomic E-state index is 12.6. The number of hydrogen-bond donors (Lipinski definition) is 1. The molecule has 162 valence electrons. The Balaban J connectivity index is 1.58. The van der Waals surface area contributed by atoms with Crippen molar-refractivity contribution in [3.63, 3.8) is 0 Å². The first kappa shape index (κ1) is 22.1. The molecule has 0 fully saturated rings. The van der Waals surface area contributed by atoms with Gasteiger partial charge in [0.2, 0.25) is 5.91 Å². The molecule has 1 aromatic heterocycles. The van der Waals surface area contributed by atoms with Crippen molar-refractivity contribution in [1.82, 2.24) is 9.97 Å². The van der Waals surface area contributed by atoms with Crippen molar-refractivity contribution in [1.29, 1.82) is 0 Å². The maximum atomic E-state index is 12.6. The maximum Gasteiger partial charge on any atom is 0.234 e. The van der Waals surface area contributed by atoms with Gasteiger partial charge >= 0.3 is 0 Å². The zero-order chi connectivity index (χ0) is 22.5. The molecule has 1 amide bonds. The zero-order valence-electron chi connectivity index (χ0n) is 17.8. The molecule has 1 N–H and O–H groups in total. The highest BCUT2D eigenvalue weighted by molar-refractivity contribution is 8.00. The average Bonchev–Trinajstić information content (AvgIpc) is 2.80. The quantitative estimate of drug-likeness (QED) is 0.344. The molecule has 0 aliphatic heterocycles. The molecule has 0 aliphatic carbocycles. The summed E-state index contributed by atoms with van der Waals surface area (Å²) in [6, 6.07) is 21.0. The van der Waals surface area contributed by atoms with Crippen LogP contribution in [0.25, 0.3) is 11.0 Å². The Morgan fingerprint density at radius 2 is 1.75 bits per heavy atom. The number of rotatable bonds is 7. The predicted octanol–water partition coefficient (Wildman–Crippen LogP) is 5.92. The molecular weight excluding hydrogens is 442 g/mol. The minimum Gasteiger partial charge on any atom is -0.496 e. The average molecular weight is 464 g/mol. The van der Waals surface area contributed by atoms with Gasteiger partial charge in [0.1, 0.15) is 10.8 Å². The topological polar surface area (TPSA) is 64.1 Å². The fourth-order valence-electron chi connectivity index (χ4n) is 3.33. The van der Waals surface area contributed by atoms with E-state index in [1.165, 1.54) is 11.8 Å². The van der Waals surface area contributed by atoms with Gasteiger partial charge in [-0.05, 0) is 42.8 Å². The number of aryl methyl sites for hydroxylation is 1. The van der Waals surface area contributed by atoms with Crippen molar-refractivity contribution in [2.75, 3.05) is 18.2 Å². The van der Waals surface area contributed by atoms with Crippen LogP contribution in [0.1, 0.15) is 16.8 Å². The number of nitrogens with zero attached hydrogens (tertiary/aromatic N) is 2. The number of fused-ring (bicyclic) bond motifs is 1. The number of aromatic nitrogens is 2. The summed E-state index contributed by atoms with van der Waals surface area (Å²) in [6.45, 7) is 1.93. The predicted molar refractivity (Wildman–Crippen MR) is 131 cm³/mol. The summed E-state index contributed by atoms with van der Waals surface area (Å²) in [5.74, 6) is 0.879. The highest BCUT2D eigenvalue weighted by Gasteiger charge is 2.15. The van der Waals surface area contributed by atoms with Crippen molar-refractivity contribution in [2.45, 2.75) is 18.4 Å². The number of ether oxygens (including phenoxy) is 1. The number of anilines is 1. The lowest BCUT2D eigenvalue weighted by Crippen LogP contribution is -2.15. The van der Waals surface area contributed by atoms with Gasteiger partial charge in [-0.2, -0.15) is 0 Å². The minimum atomic E-state index is -0.126. The van der Waals surface area contributed by atoms with Crippen LogP contribution in [0.5, 0.6) is 5.75 Å². The normalized spacial score (nSPS) is 10.8. The number of carbonyl (C=O) groups is 1. The second-order valence-electron chi connectivity index (χ2n) is 7.25. The van der Waals surface area contributed by atoms with Gasteiger partial charge < -0.3 is 10.1 Å². The second-order valence-corrected chi connectivity index (χ2v) is 8.65. The first-order valence-electron chi connectivity index (χ1n) is 10.1. The summed E-state index contributed by atoms with van der Waals surface area (Å²) in [7, 11) is 1.66. The lowest BCUT2D eigenvalue weighted by atomic mass is 10.1. The third kappa shape index (κ3) is 5.21. The van der Waals surface area contributed by atoms with Crippen LogP contribution in [0.4, 0.5) is 5.69 Å². The second kappa shape index (κ2) is 10.0. The van der Waals surface area contributed by atoms with Gasteiger partial charge in [-0.3, -0.25) is 4.79 Å². The first-order chi connectivity index (χ1) is 15.5. The Morgan fingerprint density at radius 3 is 2.53 bits per heavy atom. The van der Waals surface area contributed by atoms with Crippen molar-refractivity contribution in [3.8, 4) is 5.75 Å². The van der Waals surface area contributed by atoms with E-state index in [-0.39, 0.29) is 11.7 Å². The number of benzene rings is 3. The van der Waals surface area contributed by atoms with E-state index in [9.17, 15) is 4.79 Å². The lowest BCUT2D eigenvalue weighted by molar-refractivity contribution is -0.113. The van der Waals surface area contributed by atoms with Gasteiger partial charge in [0, 0.05) is 22.7 Å². The van der Waals surface area contributed by atoms with Gasteiger partial charge in [-0.25, -0.2) is 9.97 Å². The molecule has 0 unspecified atom stereocenters. The van der Waals surface area contributed by atoms with Gasteiger partial charge in [-0.1, -0.05) is 59.8 Å². The van der Waals surface area contributed by atoms with E-state index in [1.807, 2.05) is 61.5 Å². The Hall–Kier alpha value is -3.09. The van der Waals surface area contributed by atoms with Gasteiger partial charge in [0.15, 0.2) is 0 Å². The molecule has 0 radical (unpaired) electrons. The molecule has 4 rings (SSSR count). The molecular formula is C25H22ClN3O2S. The van der Waals surface area contributed by atoms with Crippen LogP contribution in [0.2, 0.25) is 5.02 Å². The Bertz CT molecular complexity index is 1280. The fourth-order valence-corrected chi connectivity index (χ4v) is 4.29. The summed E-state index contributed by atoms with van der Waals surface area (Å²) >= 11 is 7.44. The molecule has 3 aromatic carbocycles. The van der Waals surface area contributed by atoms with E-state index in [2.05, 4.69) is 5.32 Å². The summed E-state index contributed by atoms with van der Waals surface area (Å²) < 4.78 is 5.50. The van der Waals surface area contributed by atoms with Crippen molar-refractivity contribution >= 4 is 46.0 Å². The number of halogens is 1. The smallest absolute Gasteiger partial charge is 0.234 e. The molecule has 1 heterocycles. The Kier molecular flexibility index (Phi) is 6.93. The minimum absolute atomic E-state index is 0.126. The van der Waals surface area contributed by atoms with E-state index in [0.29, 0.717) is 17.1 Å². The molecule has 0 spiro atoms. The zero-order valence-corrected chi connectivity index (χ0v) is 19.3. The number of amides is 1. The highest BCUT2D eigenvalue weighted by Crippen LogP contribution is 2.28. The number of nitrogens with one attached hydrogen (secondary N) is 1. The van der Waals surface area contributed by atoms with Crippen LogP contribution < -0.4 is 10.1 Å². The highest BCUT2D eigenvalue weighted by atomic mass is 35.5. The molecule has 4 aromatic rings. The molecule has 0 saturated heterocycles. The summed E-state index contributed by atoms with van der Waals surface area (Å²) in [6.07, 6.45) is 0.555. The third-order valence-electron chi connectivity index (χ3n) is 4.97. The Morgan fingerprint density at radius 1 is 1.03 bits per heavy atom. The monoisotopic (exact) mass is 463 g/mol. The molecule has 32 heavy (non-hydrogen) atoms. The van der Waals surface area contributed by atoms with Crippen LogP contribution >= 0.6 is 23.4 Å². The number of hydrogen-bond acceptors (Lipinski definition) is 5. The summed E-state index contributed by atoms with van der Waals surface area (Å²) in [4.78, 5) is 22.3. The number of carbonyl (C=O) groups excluding carboxylic acids is 1. The molecule has 0 saturated carbocycles. The molecule has 0 aliphatic rings. The van der Waals surface area contributed by atoms with Crippen LogP contribution in [0.3, 0.4) is 0 Å². The van der Waals surface area contributed by atoms with Crippen molar-refractivity contribution in [3.05, 3.63) is 88.6 Å². The SMILES string of the molecule is COc1ccccc1Cc1nc2ccccc2nc1SCC(=O)Nc1cc(Cl)ccc1C. The third-order valence-corrected chi connectivity index (χ3v) is 6.21. The Labute approximate surface area is 196 Å². The van der Waals surface area contributed by atoms with Crippen LogP contribution in [0, 0.1) is 6.92 Å². The number of methoxy groups -OCH3 is 1. The summed E-state index contributed by atoms with van der Waals surface area (Å²) in [5, 5.41) is 4.24. The van der Waals surface area contributed by atoms with E-state index in [1.54, 1.807) is 19.2 Å². The van der Waals surface area contributed by atoms with Crippen molar-refractivity contribution in [2.24, 2.45) is 0 Å². The van der Waals surface area contributed by atoms with Gasteiger partial charge in [0.05, 0.1) is 29.6 Å². The molecule has 5 nitrogen and oxygen atoms in total. The van der Waals surface area contributed by atoms with Crippen LogP contribution in [-0.2, 0) is 11.2 Å². The van der Waals surface area contributed by atoms with E-state index in [4.69, 9.17) is 26.3 Å². The lowest BCUT2D eigenvalue weighted by Gasteiger charge is -2.12. The number of para-hydroxylation sites is 3. The van der Waals surface area contributed by atoms with Gasteiger partial charge in [0.25, 0.3) is 0 Å². The largest absolute Gasteiger partial charge is 0.496 e. The van der Waals surface area contributed by atoms with Gasteiger partial charge in [-0.15, -0.1) is 0 Å². The van der Waals surface area contributed by atoms with Crippen LogP contribution in [-0.4, -0.2) is 28.7 Å². The van der Waals surface area contributed by atoms with Crippen molar-refractivity contribution < 1.29 is 9.53 Å².